The van der Waals surface area contributed by atoms with Crippen LogP contribution in [-0.4, -0.2) is 11.8 Å². The molecule has 0 aromatic heterocycles. The summed E-state index contributed by atoms with van der Waals surface area (Å²) >= 11 is 5.00. The second-order valence-corrected chi connectivity index (χ2v) is 4.42. The monoisotopic (exact) mass is 273 g/mol. The molecule has 2 aromatic rings. The molecule has 0 amide bonds. The minimum absolute atomic E-state index is 0.238. The molecular formula is C14H11NO3S. The molecule has 0 spiro atoms. The molecule has 0 atom stereocenters. The summed E-state index contributed by atoms with van der Waals surface area (Å²) in [4.78, 5) is 0.302. The van der Waals surface area contributed by atoms with Crippen molar-refractivity contribution in [3.05, 3.63) is 48.0 Å². The Hall–Kier alpha value is -2.27. The number of benzene rings is 2. The Morgan fingerprint density at radius 3 is 2.74 bits per heavy atom. The Kier molecular flexibility index (Phi) is 2.97. The van der Waals surface area contributed by atoms with Crippen molar-refractivity contribution in [3.8, 4) is 23.0 Å². The van der Waals surface area contributed by atoms with Crippen molar-refractivity contribution in [1.82, 2.24) is 0 Å². The number of hydrogen-bond donors (Lipinski definition) is 1. The van der Waals surface area contributed by atoms with Gasteiger partial charge in [-0.25, -0.2) is 0 Å². The Morgan fingerprint density at radius 1 is 1.11 bits per heavy atom. The first-order valence-corrected chi connectivity index (χ1v) is 6.11. The van der Waals surface area contributed by atoms with Gasteiger partial charge in [0.25, 0.3) is 0 Å². The third kappa shape index (κ3) is 2.32. The van der Waals surface area contributed by atoms with Gasteiger partial charge in [-0.05, 0) is 24.3 Å². The van der Waals surface area contributed by atoms with Gasteiger partial charge in [0.15, 0.2) is 11.5 Å². The maximum Gasteiger partial charge on any atom is 0.231 e. The van der Waals surface area contributed by atoms with Crippen LogP contribution in [0.1, 0.15) is 5.56 Å². The molecule has 0 saturated heterocycles. The van der Waals surface area contributed by atoms with Crippen LogP contribution in [0.3, 0.4) is 0 Å². The van der Waals surface area contributed by atoms with E-state index >= 15 is 0 Å². The SMILES string of the molecule is NC(=S)c1ccccc1Oc1ccc2c(c1)OCO2. The summed E-state index contributed by atoms with van der Waals surface area (Å²) in [5.74, 6) is 2.65. The number of nitrogens with two attached hydrogens (primary N) is 1. The zero-order chi connectivity index (χ0) is 13.2. The van der Waals surface area contributed by atoms with Crippen molar-refractivity contribution < 1.29 is 14.2 Å². The van der Waals surface area contributed by atoms with E-state index in [1.54, 1.807) is 12.1 Å². The van der Waals surface area contributed by atoms with E-state index in [-0.39, 0.29) is 6.79 Å². The molecule has 1 aliphatic rings. The molecule has 5 heteroatoms. The maximum absolute atomic E-state index is 5.79. The number of para-hydroxylation sites is 1. The van der Waals surface area contributed by atoms with Gasteiger partial charge in [0.1, 0.15) is 16.5 Å². The molecule has 3 rings (SSSR count). The minimum Gasteiger partial charge on any atom is -0.456 e. The van der Waals surface area contributed by atoms with Gasteiger partial charge in [-0.3, -0.25) is 0 Å². The van der Waals surface area contributed by atoms with E-state index in [0.717, 1.165) is 5.75 Å². The lowest BCUT2D eigenvalue weighted by Gasteiger charge is -2.10. The van der Waals surface area contributed by atoms with E-state index in [9.17, 15) is 0 Å². The zero-order valence-electron chi connectivity index (χ0n) is 9.96. The molecule has 96 valence electrons. The van der Waals surface area contributed by atoms with E-state index in [2.05, 4.69) is 0 Å². The first-order chi connectivity index (χ1) is 9.24. The molecule has 2 aromatic carbocycles. The van der Waals surface area contributed by atoms with Gasteiger partial charge in [0, 0.05) is 6.07 Å². The zero-order valence-corrected chi connectivity index (χ0v) is 10.8. The molecule has 2 N–H and O–H groups in total. The molecule has 0 aliphatic carbocycles. The molecule has 19 heavy (non-hydrogen) atoms. The Morgan fingerprint density at radius 2 is 1.89 bits per heavy atom. The maximum atomic E-state index is 5.79. The van der Waals surface area contributed by atoms with Crippen LogP contribution in [-0.2, 0) is 0 Å². The lowest BCUT2D eigenvalue weighted by atomic mass is 10.2. The van der Waals surface area contributed by atoms with Gasteiger partial charge in [-0.2, -0.15) is 0 Å². The molecule has 0 bridgehead atoms. The molecule has 1 aliphatic heterocycles. The average Bonchev–Trinajstić information content (AvgIpc) is 2.86. The molecule has 4 nitrogen and oxygen atoms in total. The van der Waals surface area contributed by atoms with Crippen molar-refractivity contribution in [1.29, 1.82) is 0 Å². The van der Waals surface area contributed by atoms with Crippen molar-refractivity contribution in [2.75, 3.05) is 6.79 Å². The summed E-state index contributed by atoms with van der Waals surface area (Å²) in [6, 6.07) is 12.8. The highest BCUT2D eigenvalue weighted by molar-refractivity contribution is 7.80. The van der Waals surface area contributed by atoms with Crippen molar-refractivity contribution in [2.45, 2.75) is 0 Å². The topological polar surface area (TPSA) is 53.7 Å². The number of fused-ring (bicyclic) bond motifs is 1. The molecule has 0 unspecified atom stereocenters. The summed E-state index contributed by atoms with van der Waals surface area (Å²) < 4.78 is 16.3. The largest absolute Gasteiger partial charge is 0.456 e. The third-order valence-corrected chi connectivity index (χ3v) is 2.94. The fourth-order valence-corrected chi connectivity index (χ4v) is 2.00. The second-order valence-electron chi connectivity index (χ2n) is 3.98. The highest BCUT2D eigenvalue weighted by Crippen LogP contribution is 2.37. The number of hydrogen-bond acceptors (Lipinski definition) is 4. The van der Waals surface area contributed by atoms with E-state index in [1.165, 1.54) is 0 Å². The fourth-order valence-electron chi connectivity index (χ4n) is 1.83. The van der Waals surface area contributed by atoms with E-state index in [1.807, 2.05) is 30.3 Å². The standard InChI is InChI=1S/C14H11NO3S/c15-14(19)10-3-1-2-4-11(10)18-9-5-6-12-13(7-9)17-8-16-12/h1-7H,8H2,(H2,15,19). The Balaban J connectivity index is 1.91. The molecule has 0 saturated carbocycles. The molecule has 1 heterocycles. The van der Waals surface area contributed by atoms with Gasteiger partial charge in [-0.1, -0.05) is 24.4 Å². The lowest BCUT2D eigenvalue weighted by molar-refractivity contribution is 0.174. The summed E-state index contributed by atoms with van der Waals surface area (Å²) in [6.07, 6.45) is 0. The van der Waals surface area contributed by atoms with Crippen LogP contribution < -0.4 is 19.9 Å². The van der Waals surface area contributed by atoms with Crippen LogP contribution in [0.2, 0.25) is 0 Å². The van der Waals surface area contributed by atoms with E-state index in [0.29, 0.717) is 27.8 Å². The van der Waals surface area contributed by atoms with E-state index < -0.39 is 0 Å². The predicted octanol–water partition coefficient (Wildman–Crippen LogP) is 2.84. The van der Waals surface area contributed by atoms with Crippen LogP contribution in [0.25, 0.3) is 0 Å². The van der Waals surface area contributed by atoms with Crippen molar-refractivity contribution in [3.63, 3.8) is 0 Å². The van der Waals surface area contributed by atoms with Gasteiger partial charge in [-0.15, -0.1) is 0 Å². The van der Waals surface area contributed by atoms with Crippen LogP contribution in [0.4, 0.5) is 0 Å². The quantitative estimate of drug-likeness (QED) is 0.871. The molecule has 0 fully saturated rings. The van der Waals surface area contributed by atoms with Crippen LogP contribution >= 0.6 is 12.2 Å². The number of thiocarbonyl (C=S) groups is 1. The van der Waals surface area contributed by atoms with Crippen molar-refractivity contribution >= 4 is 17.2 Å². The first kappa shape index (κ1) is 11.8. The molecular weight excluding hydrogens is 262 g/mol. The fraction of sp³-hybridized carbons (Fsp3) is 0.0714. The Labute approximate surface area is 115 Å². The van der Waals surface area contributed by atoms with Crippen LogP contribution in [0.5, 0.6) is 23.0 Å². The summed E-state index contributed by atoms with van der Waals surface area (Å²) in [5.41, 5.74) is 6.37. The first-order valence-electron chi connectivity index (χ1n) is 5.70. The Bertz CT molecular complexity index is 642. The average molecular weight is 273 g/mol. The van der Waals surface area contributed by atoms with Gasteiger partial charge >= 0.3 is 0 Å². The predicted molar refractivity (Wildman–Crippen MR) is 75.0 cm³/mol. The van der Waals surface area contributed by atoms with E-state index in [4.69, 9.17) is 32.2 Å². The van der Waals surface area contributed by atoms with Crippen LogP contribution in [0.15, 0.2) is 42.5 Å². The normalized spacial score (nSPS) is 12.2. The van der Waals surface area contributed by atoms with Gasteiger partial charge in [0.2, 0.25) is 6.79 Å². The second kappa shape index (κ2) is 4.78. The summed E-state index contributed by atoms with van der Waals surface area (Å²) in [7, 11) is 0. The smallest absolute Gasteiger partial charge is 0.231 e. The summed E-state index contributed by atoms with van der Waals surface area (Å²) in [6.45, 7) is 0.238. The minimum atomic E-state index is 0.238. The third-order valence-electron chi connectivity index (χ3n) is 2.72. The van der Waals surface area contributed by atoms with Gasteiger partial charge in [0.05, 0.1) is 5.56 Å². The summed E-state index contributed by atoms with van der Waals surface area (Å²) in [5, 5.41) is 0. The highest BCUT2D eigenvalue weighted by atomic mass is 32.1. The van der Waals surface area contributed by atoms with Gasteiger partial charge < -0.3 is 19.9 Å². The highest BCUT2D eigenvalue weighted by Gasteiger charge is 2.14. The number of ether oxygens (including phenoxy) is 3. The van der Waals surface area contributed by atoms with Crippen molar-refractivity contribution in [2.24, 2.45) is 5.73 Å². The lowest BCUT2D eigenvalue weighted by Crippen LogP contribution is -2.10. The van der Waals surface area contributed by atoms with Crippen LogP contribution in [0, 0.1) is 0 Å². The molecule has 0 radical (unpaired) electrons. The number of rotatable bonds is 3.